The summed E-state index contributed by atoms with van der Waals surface area (Å²) < 4.78 is 73.8. The second-order valence-corrected chi connectivity index (χ2v) is 15.2. The number of nitrogens with zero attached hydrogens (tertiary/aromatic N) is 5. The van der Waals surface area contributed by atoms with E-state index in [0.717, 1.165) is 49.6 Å². The van der Waals surface area contributed by atoms with Crippen molar-refractivity contribution in [2.75, 3.05) is 24.5 Å². The molecule has 0 saturated carbocycles. The van der Waals surface area contributed by atoms with Gasteiger partial charge in [-0.05, 0) is 28.8 Å². The van der Waals surface area contributed by atoms with Gasteiger partial charge in [-0.2, -0.15) is 0 Å². The number of anilines is 1. The smallest absolute Gasteiger partial charge is 0.276 e. The van der Waals surface area contributed by atoms with Crippen LogP contribution in [-0.2, 0) is 54.1 Å². The lowest BCUT2D eigenvalue weighted by molar-refractivity contribution is -0.384. The third kappa shape index (κ3) is 9.51. The van der Waals surface area contributed by atoms with E-state index >= 15 is 0 Å². The Morgan fingerprint density at radius 3 is 1.51 bits per heavy atom. The van der Waals surface area contributed by atoms with Crippen molar-refractivity contribution in [3.05, 3.63) is 142 Å². The molecule has 17 heteroatoms. The molecule has 0 aliphatic rings. The highest BCUT2D eigenvalue weighted by Crippen LogP contribution is 2.31. The molecule has 0 unspecified atom stereocenters. The van der Waals surface area contributed by atoms with Gasteiger partial charge in [0.1, 0.15) is 20.2 Å². The van der Waals surface area contributed by atoms with Crippen LogP contribution in [0.5, 0.6) is 0 Å². The van der Waals surface area contributed by atoms with E-state index in [1.54, 1.807) is 24.3 Å². The maximum absolute atomic E-state index is 13.9. The summed E-state index contributed by atoms with van der Waals surface area (Å²) in [5.41, 5.74) is 2.10. The molecular formula is C32H31N5O9S3. The fraction of sp³-hybridized carbons (Fsp3) is 0.188. The highest BCUT2D eigenvalue weighted by atomic mass is 32.2. The molecule has 0 N–H and O–H groups in total. The van der Waals surface area contributed by atoms with Crippen LogP contribution in [0.1, 0.15) is 16.7 Å². The first kappa shape index (κ1) is 35.7. The zero-order valence-corrected chi connectivity index (χ0v) is 28.3. The van der Waals surface area contributed by atoms with E-state index < -0.39 is 49.5 Å². The Morgan fingerprint density at radius 1 is 0.612 bits per heavy atom. The van der Waals surface area contributed by atoms with Gasteiger partial charge in [0.15, 0.2) is 0 Å². The number of aromatic nitrogens is 2. The van der Waals surface area contributed by atoms with Gasteiger partial charge in [-0.25, -0.2) is 21.1 Å². The second-order valence-electron chi connectivity index (χ2n) is 10.3. The third-order valence-corrected chi connectivity index (χ3v) is 11.7. The number of hydrogen-bond donors (Lipinski definition) is 0. The number of nitro groups is 1. The summed E-state index contributed by atoms with van der Waals surface area (Å²) in [6, 6.07) is 31.6. The van der Waals surface area contributed by atoms with Crippen molar-refractivity contribution in [2.24, 2.45) is 0 Å². The molecule has 0 amide bonds. The minimum absolute atomic E-state index is 0.0301. The number of nitro benzene ring substituents is 1. The monoisotopic (exact) mass is 725 g/mol. The van der Waals surface area contributed by atoms with Crippen LogP contribution in [0.3, 0.4) is 0 Å². The number of benzene rings is 4. The molecule has 0 fully saturated rings. The first-order valence-electron chi connectivity index (χ1n) is 14.6. The van der Waals surface area contributed by atoms with Crippen molar-refractivity contribution in [2.45, 2.75) is 29.1 Å². The average Bonchev–Trinajstić information content (AvgIpc) is 3.61. The molecule has 0 atom stereocenters. The van der Waals surface area contributed by atoms with E-state index in [0.29, 0.717) is 11.3 Å². The zero-order valence-electron chi connectivity index (χ0n) is 25.8. The van der Waals surface area contributed by atoms with E-state index in [1.165, 1.54) is 0 Å². The SMILES string of the molecule is O=[N+]([O-])c1ccc(S(=O)(=O)N(COCc2ccccc2)c2nnc(S(=O)(=O)N(COCc3ccccc3)COCc3ccccc3)s2)cc1. The molecule has 0 spiro atoms. The van der Waals surface area contributed by atoms with Gasteiger partial charge in [-0.3, -0.25) is 10.1 Å². The van der Waals surface area contributed by atoms with Crippen molar-refractivity contribution >= 4 is 42.2 Å². The Kier molecular flexibility index (Phi) is 12.1. The van der Waals surface area contributed by atoms with Gasteiger partial charge >= 0.3 is 0 Å². The Balaban J connectivity index is 1.40. The molecule has 0 aliphatic carbocycles. The molecule has 5 aromatic rings. The summed E-state index contributed by atoms with van der Waals surface area (Å²) in [4.78, 5) is 10.2. The molecular weight excluding hydrogens is 695 g/mol. The largest absolute Gasteiger partial charge is 0.360 e. The Hall–Kier alpha value is -4.62. The molecule has 1 aromatic heterocycles. The number of non-ortho nitro benzene ring substituents is 1. The first-order valence-corrected chi connectivity index (χ1v) is 18.3. The fourth-order valence-electron chi connectivity index (χ4n) is 4.29. The van der Waals surface area contributed by atoms with E-state index in [2.05, 4.69) is 10.2 Å². The summed E-state index contributed by atoms with van der Waals surface area (Å²) in [6.07, 6.45) is 0. The van der Waals surface area contributed by atoms with Crippen LogP contribution in [0.25, 0.3) is 0 Å². The molecule has 14 nitrogen and oxygen atoms in total. The summed E-state index contributed by atoms with van der Waals surface area (Å²) in [6.45, 7) is -1.09. The van der Waals surface area contributed by atoms with Crippen LogP contribution < -0.4 is 4.31 Å². The average molecular weight is 726 g/mol. The molecule has 5 rings (SSSR count). The van der Waals surface area contributed by atoms with Crippen LogP contribution in [0.15, 0.2) is 124 Å². The van der Waals surface area contributed by atoms with Crippen LogP contribution in [0.4, 0.5) is 10.8 Å². The number of ether oxygens (including phenoxy) is 3. The normalized spacial score (nSPS) is 11.9. The maximum Gasteiger partial charge on any atom is 0.276 e. The number of rotatable bonds is 18. The van der Waals surface area contributed by atoms with Crippen molar-refractivity contribution < 1.29 is 36.0 Å². The van der Waals surface area contributed by atoms with Gasteiger partial charge in [0.25, 0.3) is 25.7 Å². The van der Waals surface area contributed by atoms with Gasteiger partial charge in [0.2, 0.25) is 9.47 Å². The quantitative estimate of drug-likeness (QED) is 0.0664. The standard InChI is InChI=1S/C32H31N5O9S3/c38-37(39)29-16-18-30(19-17-29)48(40,41)36(25-46-22-28-14-8-3-9-15-28)31-33-34-32(47-31)49(42,43)35(23-44-20-26-10-4-1-5-11-26)24-45-21-27-12-6-2-7-13-27/h1-19H,20-25H2. The van der Waals surface area contributed by atoms with Gasteiger partial charge in [0, 0.05) is 12.1 Å². The summed E-state index contributed by atoms with van der Waals surface area (Å²) in [5, 5.41) is 18.6. The fourth-order valence-corrected chi connectivity index (χ4v) is 8.11. The minimum atomic E-state index is -4.46. The topological polar surface area (TPSA) is 171 Å². The van der Waals surface area contributed by atoms with Crippen LogP contribution in [-0.4, -0.2) is 56.5 Å². The first-order chi connectivity index (χ1) is 23.6. The Morgan fingerprint density at radius 2 is 1.06 bits per heavy atom. The maximum atomic E-state index is 13.9. The Labute approximate surface area is 287 Å². The minimum Gasteiger partial charge on any atom is -0.360 e. The van der Waals surface area contributed by atoms with Crippen LogP contribution >= 0.6 is 11.3 Å². The van der Waals surface area contributed by atoms with Gasteiger partial charge in [0.05, 0.1) is 29.6 Å². The highest BCUT2D eigenvalue weighted by Gasteiger charge is 2.34. The molecule has 4 aromatic carbocycles. The summed E-state index contributed by atoms with van der Waals surface area (Å²) in [5.74, 6) is 0. The van der Waals surface area contributed by atoms with Crippen molar-refractivity contribution in [1.29, 1.82) is 0 Å². The van der Waals surface area contributed by atoms with Crippen molar-refractivity contribution in [1.82, 2.24) is 14.5 Å². The predicted molar refractivity (Wildman–Crippen MR) is 180 cm³/mol. The number of sulfonamides is 2. The molecule has 0 radical (unpaired) electrons. The lowest BCUT2D eigenvalue weighted by Crippen LogP contribution is -2.35. The molecule has 0 saturated heterocycles. The van der Waals surface area contributed by atoms with Crippen LogP contribution in [0.2, 0.25) is 0 Å². The zero-order chi connectivity index (χ0) is 34.7. The summed E-state index contributed by atoms with van der Waals surface area (Å²) >= 11 is 0.507. The van der Waals surface area contributed by atoms with Crippen molar-refractivity contribution in [3.8, 4) is 0 Å². The summed E-state index contributed by atoms with van der Waals surface area (Å²) in [7, 11) is -8.88. The van der Waals surface area contributed by atoms with Crippen molar-refractivity contribution in [3.63, 3.8) is 0 Å². The number of hydrogen-bond acceptors (Lipinski definition) is 12. The third-order valence-electron chi connectivity index (χ3n) is 6.82. The molecule has 49 heavy (non-hydrogen) atoms. The van der Waals surface area contributed by atoms with Gasteiger partial charge in [-0.15, -0.1) is 14.5 Å². The van der Waals surface area contributed by atoms with Gasteiger partial charge < -0.3 is 14.2 Å². The highest BCUT2D eigenvalue weighted by molar-refractivity contribution is 7.93. The Bertz CT molecular complexity index is 1970. The van der Waals surface area contributed by atoms with E-state index in [4.69, 9.17) is 14.2 Å². The molecule has 0 bridgehead atoms. The molecule has 256 valence electrons. The van der Waals surface area contributed by atoms with Gasteiger partial charge in [-0.1, -0.05) is 102 Å². The lowest BCUT2D eigenvalue weighted by Gasteiger charge is -2.21. The van der Waals surface area contributed by atoms with E-state index in [-0.39, 0.29) is 35.5 Å². The van der Waals surface area contributed by atoms with E-state index in [9.17, 15) is 26.9 Å². The van der Waals surface area contributed by atoms with E-state index in [1.807, 2.05) is 66.7 Å². The molecule has 0 aliphatic heterocycles. The predicted octanol–water partition coefficient (Wildman–Crippen LogP) is 5.16. The lowest BCUT2D eigenvalue weighted by atomic mass is 10.2. The molecule has 1 heterocycles. The second kappa shape index (κ2) is 16.7. The van der Waals surface area contributed by atoms with Crippen LogP contribution in [0, 0.1) is 10.1 Å².